The molecule has 0 aliphatic heterocycles. The number of esters is 1. The Morgan fingerprint density at radius 1 is 1.00 bits per heavy atom. The Hall–Kier alpha value is -4.20. The van der Waals surface area contributed by atoms with Crippen molar-refractivity contribution < 1.29 is 14.3 Å². The van der Waals surface area contributed by atoms with Crippen molar-refractivity contribution in [2.45, 2.75) is 20.8 Å². The van der Waals surface area contributed by atoms with Crippen molar-refractivity contribution in [1.29, 1.82) is 0 Å². The Balaban J connectivity index is 1.77. The van der Waals surface area contributed by atoms with Crippen LogP contribution in [-0.4, -0.2) is 33.4 Å². The third-order valence-electron chi connectivity index (χ3n) is 4.98. The number of aryl methyl sites for hydroxylation is 2. The van der Waals surface area contributed by atoms with E-state index < -0.39 is 12.0 Å². The molecule has 0 atom stereocenters. The molecule has 0 unspecified atom stereocenters. The van der Waals surface area contributed by atoms with Crippen LogP contribution >= 0.6 is 0 Å². The summed E-state index contributed by atoms with van der Waals surface area (Å²) in [6, 6.07) is 16.3. The van der Waals surface area contributed by atoms with E-state index in [4.69, 9.17) is 9.72 Å². The highest BCUT2D eigenvalue weighted by Crippen LogP contribution is 2.26. The highest BCUT2D eigenvalue weighted by molar-refractivity contribution is 6.04. The van der Waals surface area contributed by atoms with Crippen LogP contribution in [0.5, 0.6) is 0 Å². The topological polar surface area (TPSA) is 98.1 Å². The van der Waals surface area contributed by atoms with E-state index in [1.165, 1.54) is 10.9 Å². The number of amides is 2. The second-order valence-electron chi connectivity index (χ2n) is 7.25. The lowest BCUT2D eigenvalue weighted by atomic mass is 10.1. The molecule has 0 fully saturated rings. The Morgan fingerprint density at radius 2 is 1.78 bits per heavy atom. The molecule has 0 bridgehead atoms. The highest BCUT2D eigenvalue weighted by atomic mass is 16.5. The zero-order valence-corrected chi connectivity index (χ0v) is 18.0. The van der Waals surface area contributed by atoms with Crippen molar-refractivity contribution in [1.82, 2.24) is 14.8 Å². The minimum Gasteiger partial charge on any atom is -0.462 e. The summed E-state index contributed by atoms with van der Waals surface area (Å²) in [5.41, 5.74) is 3.60. The summed E-state index contributed by atoms with van der Waals surface area (Å²) >= 11 is 0. The molecule has 0 aliphatic rings. The van der Waals surface area contributed by atoms with Crippen molar-refractivity contribution in [3.63, 3.8) is 0 Å². The Labute approximate surface area is 185 Å². The van der Waals surface area contributed by atoms with Gasteiger partial charge in [0, 0.05) is 11.1 Å². The molecular weight excluding hydrogens is 406 g/mol. The van der Waals surface area contributed by atoms with Crippen LogP contribution in [-0.2, 0) is 4.74 Å². The number of hydrogen-bond acceptors (Lipinski definition) is 5. The average molecular weight is 429 g/mol. The molecule has 0 radical (unpaired) electrons. The van der Waals surface area contributed by atoms with Gasteiger partial charge in [0.2, 0.25) is 0 Å². The number of nitrogens with zero attached hydrogens (tertiary/aromatic N) is 3. The van der Waals surface area contributed by atoms with E-state index in [9.17, 15) is 9.59 Å². The van der Waals surface area contributed by atoms with Gasteiger partial charge in [-0.05, 0) is 50.1 Å². The van der Waals surface area contributed by atoms with Crippen LogP contribution in [0.4, 0.5) is 16.3 Å². The zero-order valence-electron chi connectivity index (χ0n) is 18.0. The predicted molar refractivity (Wildman–Crippen MR) is 123 cm³/mol. The monoisotopic (exact) mass is 429 g/mol. The largest absolute Gasteiger partial charge is 0.462 e. The lowest BCUT2D eigenvalue weighted by Gasteiger charge is -2.13. The van der Waals surface area contributed by atoms with Gasteiger partial charge in [0.15, 0.2) is 11.6 Å². The first-order valence-electron chi connectivity index (χ1n) is 10.2. The van der Waals surface area contributed by atoms with E-state index in [0.29, 0.717) is 11.5 Å². The molecule has 0 saturated heterocycles. The lowest BCUT2D eigenvalue weighted by Crippen LogP contribution is -2.23. The second kappa shape index (κ2) is 8.89. The third kappa shape index (κ3) is 4.15. The molecule has 8 heteroatoms. The number of hydrogen-bond donors (Lipinski definition) is 2. The quantitative estimate of drug-likeness (QED) is 0.442. The van der Waals surface area contributed by atoms with Gasteiger partial charge >= 0.3 is 12.0 Å². The Morgan fingerprint density at radius 3 is 2.53 bits per heavy atom. The number of benzene rings is 2. The molecule has 0 aliphatic carbocycles. The zero-order chi connectivity index (χ0) is 22.7. The van der Waals surface area contributed by atoms with E-state index in [0.717, 1.165) is 22.0 Å². The standard InChI is InChI=1S/C24H23N5O3/c1-4-32-23(30)19-14-25-29(22(19)28-24(31)26-17-10-6-5-7-11-17)20-13-16(3)18-12-8-9-15(2)21(18)27-20/h5-14H,4H2,1-3H3,(H2,26,28,31). The molecule has 4 rings (SSSR count). The summed E-state index contributed by atoms with van der Waals surface area (Å²) in [4.78, 5) is 30.0. The summed E-state index contributed by atoms with van der Waals surface area (Å²) in [7, 11) is 0. The number of carbonyl (C=O) groups is 2. The second-order valence-corrected chi connectivity index (χ2v) is 7.25. The van der Waals surface area contributed by atoms with Crippen molar-refractivity contribution in [2.24, 2.45) is 0 Å². The number of ether oxygens (including phenoxy) is 1. The van der Waals surface area contributed by atoms with Crippen molar-refractivity contribution in [3.05, 3.63) is 77.5 Å². The fourth-order valence-electron chi connectivity index (χ4n) is 3.44. The molecule has 4 aromatic rings. The number of carbonyl (C=O) groups excluding carboxylic acids is 2. The SMILES string of the molecule is CCOC(=O)c1cnn(-c2cc(C)c3cccc(C)c3n2)c1NC(=O)Nc1ccccc1. The Kier molecular flexibility index (Phi) is 5.85. The fourth-order valence-corrected chi connectivity index (χ4v) is 3.44. The van der Waals surface area contributed by atoms with Gasteiger partial charge in [-0.1, -0.05) is 36.4 Å². The van der Waals surface area contributed by atoms with Crippen molar-refractivity contribution >= 4 is 34.4 Å². The number of rotatable bonds is 5. The van der Waals surface area contributed by atoms with Crippen molar-refractivity contribution in [2.75, 3.05) is 17.2 Å². The predicted octanol–water partition coefficient (Wildman–Crippen LogP) is 4.86. The summed E-state index contributed by atoms with van der Waals surface area (Å²) in [5, 5.41) is 10.8. The minimum absolute atomic E-state index is 0.138. The van der Waals surface area contributed by atoms with E-state index in [2.05, 4.69) is 15.7 Å². The first-order chi connectivity index (χ1) is 15.5. The first-order valence-corrected chi connectivity index (χ1v) is 10.2. The van der Waals surface area contributed by atoms with Gasteiger partial charge in [0.25, 0.3) is 0 Å². The van der Waals surface area contributed by atoms with E-state index in [-0.39, 0.29) is 18.0 Å². The van der Waals surface area contributed by atoms with Gasteiger partial charge < -0.3 is 10.1 Å². The van der Waals surface area contributed by atoms with Gasteiger partial charge in [0.1, 0.15) is 5.56 Å². The molecule has 2 amide bonds. The molecule has 162 valence electrons. The van der Waals surface area contributed by atoms with Crippen LogP contribution in [0.1, 0.15) is 28.4 Å². The van der Waals surface area contributed by atoms with Gasteiger partial charge in [-0.3, -0.25) is 5.32 Å². The highest BCUT2D eigenvalue weighted by Gasteiger charge is 2.22. The van der Waals surface area contributed by atoms with E-state index in [1.807, 2.05) is 56.3 Å². The van der Waals surface area contributed by atoms with Gasteiger partial charge in [0.05, 0.1) is 18.3 Å². The first kappa shape index (κ1) is 21.0. The van der Waals surface area contributed by atoms with Gasteiger partial charge in [-0.15, -0.1) is 0 Å². The normalized spacial score (nSPS) is 10.7. The smallest absolute Gasteiger partial charge is 0.343 e. The maximum Gasteiger partial charge on any atom is 0.343 e. The van der Waals surface area contributed by atoms with Crippen LogP contribution < -0.4 is 10.6 Å². The van der Waals surface area contributed by atoms with Crippen LogP contribution in [0.15, 0.2) is 60.8 Å². The number of para-hydroxylation sites is 2. The van der Waals surface area contributed by atoms with E-state index in [1.54, 1.807) is 19.1 Å². The number of urea groups is 1. The van der Waals surface area contributed by atoms with Gasteiger partial charge in [-0.2, -0.15) is 9.78 Å². The maximum absolute atomic E-state index is 12.7. The number of nitrogens with one attached hydrogen (secondary N) is 2. The summed E-state index contributed by atoms with van der Waals surface area (Å²) < 4.78 is 6.59. The van der Waals surface area contributed by atoms with Gasteiger partial charge in [-0.25, -0.2) is 14.6 Å². The molecule has 32 heavy (non-hydrogen) atoms. The number of anilines is 2. The summed E-state index contributed by atoms with van der Waals surface area (Å²) in [5.74, 6) is 0.0778. The molecule has 2 heterocycles. The van der Waals surface area contributed by atoms with E-state index >= 15 is 0 Å². The number of aromatic nitrogens is 3. The molecule has 0 saturated carbocycles. The number of pyridine rings is 1. The van der Waals surface area contributed by atoms with Crippen LogP contribution in [0.2, 0.25) is 0 Å². The molecule has 8 nitrogen and oxygen atoms in total. The lowest BCUT2D eigenvalue weighted by molar-refractivity contribution is 0.0527. The average Bonchev–Trinajstić information content (AvgIpc) is 3.18. The maximum atomic E-state index is 12.7. The minimum atomic E-state index is -0.581. The Bertz CT molecular complexity index is 1300. The number of fused-ring (bicyclic) bond motifs is 1. The van der Waals surface area contributed by atoms with Crippen molar-refractivity contribution in [3.8, 4) is 5.82 Å². The van der Waals surface area contributed by atoms with Crippen LogP contribution in [0.3, 0.4) is 0 Å². The molecule has 2 N–H and O–H groups in total. The van der Waals surface area contributed by atoms with Crippen LogP contribution in [0.25, 0.3) is 16.7 Å². The van der Waals surface area contributed by atoms with Crippen LogP contribution in [0, 0.1) is 13.8 Å². The molecule has 0 spiro atoms. The summed E-state index contributed by atoms with van der Waals surface area (Å²) in [6.45, 7) is 5.89. The third-order valence-corrected chi connectivity index (χ3v) is 4.98. The fraction of sp³-hybridized carbons (Fsp3) is 0.167. The molecule has 2 aromatic heterocycles. The summed E-state index contributed by atoms with van der Waals surface area (Å²) in [6.07, 6.45) is 1.37. The molecular formula is C24H23N5O3. The molecule has 2 aromatic carbocycles.